The van der Waals surface area contributed by atoms with Crippen LogP contribution in [0.1, 0.15) is 20.3 Å². The highest BCUT2D eigenvalue weighted by atomic mass is 16.6. The third kappa shape index (κ3) is 3.09. The molecule has 0 aromatic carbocycles. The van der Waals surface area contributed by atoms with Crippen molar-refractivity contribution in [1.29, 1.82) is 0 Å². The molecule has 1 heterocycles. The third-order valence-corrected chi connectivity index (χ3v) is 1.70. The van der Waals surface area contributed by atoms with Crippen molar-refractivity contribution < 1.29 is 9.53 Å². The molecule has 0 aromatic heterocycles. The molecule has 4 heteroatoms. The zero-order valence-corrected chi connectivity index (χ0v) is 7.59. The fraction of sp³-hybridized carbons (Fsp3) is 0.875. The predicted octanol–water partition coefficient (Wildman–Crippen LogP) is 0.483. The van der Waals surface area contributed by atoms with Crippen LogP contribution in [0.25, 0.3) is 0 Å². The minimum Gasteiger partial charge on any atom is -0.445 e. The summed E-state index contributed by atoms with van der Waals surface area (Å²) in [5, 5.41) is 5.81. The Balaban J connectivity index is 2.16. The summed E-state index contributed by atoms with van der Waals surface area (Å²) in [4.78, 5) is 11.0. The molecule has 0 aromatic rings. The molecule has 1 rings (SSSR count). The van der Waals surface area contributed by atoms with Gasteiger partial charge < -0.3 is 15.4 Å². The van der Waals surface area contributed by atoms with Crippen LogP contribution in [0, 0.1) is 0 Å². The van der Waals surface area contributed by atoms with Crippen LogP contribution in [0.2, 0.25) is 0 Å². The first-order valence-electron chi connectivity index (χ1n) is 4.36. The van der Waals surface area contributed by atoms with E-state index in [-0.39, 0.29) is 18.2 Å². The molecule has 1 amide bonds. The molecule has 0 radical (unpaired) electrons. The maximum absolute atomic E-state index is 11.0. The molecule has 1 aliphatic rings. The Labute approximate surface area is 72.7 Å². The van der Waals surface area contributed by atoms with Crippen molar-refractivity contribution in [3.05, 3.63) is 0 Å². The van der Waals surface area contributed by atoms with E-state index in [9.17, 15) is 4.79 Å². The molecule has 4 nitrogen and oxygen atoms in total. The van der Waals surface area contributed by atoms with E-state index in [1.165, 1.54) is 0 Å². The summed E-state index contributed by atoms with van der Waals surface area (Å²) in [5.41, 5.74) is 0. The van der Waals surface area contributed by atoms with Crippen LogP contribution in [-0.4, -0.2) is 31.3 Å². The fourth-order valence-corrected chi connectivity index (χ4v) is 1.15. The number of rotatable bonds is 2. The monoisotopic (exact) mass is 172 g/mol. The van der Waals surface area contributed by atoms with Crippen molar-refractivity contribution in [2.24, 2.45) is 0 Å². The summed E-state index contributed by atoms with van der Waals surface area (Å²) in [5.74, 6) is 0. The number of alkyl carbamates (subject to hydrolysis) is 1. The Bertz CT molecular complexity index is 153. The van der Waals surface area contributed by atoms with Gasteiger partial charge in [0.1, 0.15) is 6.10 Å². The largest absolute Gasteiger partial charge is 0.445 e. The van der Waals surface area contributed by atoms with Gasteiger partial charge in [0.25, 0.3) is 0 Å². The molecule has 0 spiro atoms. The molecule has 1 saturated heterocycles. The zero-order valence-electron chi connectivity index (χ0n) is 7.59. The number of hydrogen-bond donors (Lipinski definition) is 2. The highest BCUT2D eigenvalue weighted by Gasteiger charge is 2.18. The number of ether oxygens (including phenoxy) is 1. The average Bonchev–Trinajstić information content (AvgIpc) is 2.37. The fourth-order valence-electron chi connectivity index (χ4n) is 1.15. The van der Waals surface area contributed by atoms with Gasteiger partial charge in [0, 0.05) is 12.6 Å². The molecular formula is C8H16N2O2. The van der Waals surface area contributed by atoms with Gasteiger partial charge >= 0.3 is 6.09 Å². The highest BCUT2D eigenvalue weighted by molar-refractivity contribution is 5.67. The van der Waals surface area contributed by atoms with Gasteiger partial charge in [0.15, 0.2) is 0 Å². The minimum absolute atomic E-state index is 0.0590. The zero-order chi connectivity index (χ0) is 8.97. The summed E-state index contributed by atoms with van der Waals surface area (Å²) in [7, 11) is 0. The first-order valence-corrected chi connectivity index (χ1v) is 4.36. The van der Waals surface area contributed by atoms with Crippen LogP contribution >= 0.6 is 0 Å². The number of carbonyl (C=O) groups excluding carboxylic acids is 1. The summed E-state index contributed by atoms with van der Waals surface area (Å²) >= 11 is 0. The number of amides is 1. The first kappa shape index (κ1) is 9.32. The molecule has 2 N–H and O–H groups in total. The van der Waals surface area contributed by atoms with Crippen molar-refractivity contribution in [3.8, 4) is 0 Å². The van der Waals surface area contributed by atoms with Crippen molar-refractivity contribution in [2.75, 3.05) is 13.1 Å². The quantitative estimate of drug-likeness (QED) is 0.637. The molecule has 0 bridgehead atoms. The molecule has 1 fully saturated rings. The van der Waals surface area contributed by atoms with Gasteiger partial charge in [-0.2, -0.15) is 0 Å². The second kappa shape index (κ2) is 4.30. The van der Waals surface area contributed by atoms with Crippen molar-refractivity contribution in [1.82, 2.24) is 10.6 Å². The maximum atomic E-state index is 11.0. The normalized spacial score (nSPS) is 22.8. The Morgan fingerprint density at radius 2 is 2.42 bits per heavy atom. The van der Waals surface area contributed by atoms with Gasteiger partial charge in [-0.05, 0) is 26.8 Å². The predicted molar refractivity (Wildman–Crippen MR) is 46.0 cm³/mol. The van der Waals surface area contributed by atoms with E-state index in [2.05, 4.69) is 10.6 Å². The Hall–Kier alpha value is -0.770. The molecule has 12 heavy (non-hydrogen) atoms. The number of hydrogen-bond acceptors (Lipinski definition) is 3. The summed E-state index contributed by atoms with van der Waals surface area (Å²) < 4.78 is 5.11. The van der Waals surface area contributed by atoms with Crippen LogP contribution in [0.3, 0.4) is 0 Å². The van der Waals surface area contributed by atoms with Gasteiger partial charge in [0.2, 0.25) is 0 Å². The van der Waals surface area contributed by atoms with E-state index in [0.29, 0.717) is 0 Å². The Morgan fingerprint density at radius 1 is 1.67 bits per heavy atom. The molecule has 0 saturated carbocycles. The lowest BCUT2D eigenvalue weighted by Crippen LogP contribution is -2.34. The smallest absolute Gasteiger partial charge is 0.407 e. The average molecular weight is 172 g/mol. The van der Waals surface area contributed by atoms with Crippen LogP contribution in [-0.2, 0) is 4.74 Å². The standard InChI is InChI=1S/C8H16N2O2/c1-6(2)10-8(11)12-7-3-4-9-5-7/h6-7,9H,3-5H2,1-2H3,(H,10,11). The first-order chi connectivity index (χ1) is 5.68. The highest BCUT2D eigenvalue weighted by Crippen LogP contribution is 2.02. The second-order valence-electron chi connectivity index (χ2n) is 3.32. The van der Waals surface area contributed by atoms with E-state index in [1.54, 1.807) is 0 Å². The van der Waals surface area contributed by atoms with Gasteiger partial charge in [-0.15, -0.1) is 0 Å². The van der Waals surface area contributed by atoms with E-state index < -0.39 is 0 Å². The molecular weight excluding hydrogens is 156 g/mol. The van der Waals surface area contributed by atoms with E-state index in [0.717, 1.165) is 19.5 Å². The summed E-state index contributed by atoms with van der Waals surface area (Å²) in [6.07, 6.45) is 0.674. The van der Waals surface area contributed by atoms with Crippen molar-refractivity contribution in [2.45, 2.75) is 32.4 Å². The van der Waals surface area contributed by atoms with E-state index in [4.69, 9.17) is 4.74 Å². The Morgan fingerprint density at radius 3 is 2.92 bits per heavy atom. The second-order valence-corrected chi connectivity index (χ2v) is 3.32. The number of carbonyl (C=O) groups is 1. The third-order valence-electron chi connectivity index (χ3n) is 1.70. The van der Waals surface area contributed by atoms with Crippen LogP contribution < -0.4 is 10.6 Å². The van der Waals surface area contributed by atoms with Crippen LogP contribution in [0.5, 0.6) is 0 Å². The van der Waals surface area contributed by atoms with Crippen molar-refractivity contribution in [3.63, 3.8) is 0 Å². The summed E-state index contributed by atoms with van der Waals surface area (Å²) in [6.45, 7) is 5.55. The lowest BCUT2D eigenvalue weighted by atomic mass is 10.3. The molecule has 70 valence electrons. The maximum Gasteiger partial charge on any atom is 0.407 e. The van der Waals surface area contributed by atoms with Crippen LogP contribution in [0.15, 0.2) is 0 Å². The lowest BCUT2D eigenvalue weighted by molar-refractivity contribution is 0.105. The molecule has 1 aliphatic heterocycles. The van der Waals surface area contributed by atoms with E-state index >= 15 is 0 Å². The molecule has 1 unspecified atom stereocenters. The number of nitrogens with one attached hydrogen (secondary N) is 2. The summed E-state index contributed by atoms with van der Waals surface area (Å²) in [6, 6.07) is 0.145. The van der Waals surface area contributed by atoms with Gasteiger partial charge in [-0.25, -0.2) is 4.79 Å². The molecule has 0 aliphatic carbocycles. The lowest BCUT2D eigenvalue weighted by Gasteiger charge is -2.13. The van der Waals surface area contributed by atoms with Crippen LogP contribution in [0.4, 0.5) is 4.79 Å². The minimum atomic E-state index is -0.307. The molecule has 1 atom stereocenters. The van der Waals surface area contributed by atoms with Gasteiger partial charge in [-0.1, -0.05) is 0 Å². The SMILES string of the molecule is CC(C)NC(=O)OC1CCNC1. The van der Waals surface area contributed by atoms with Gasteiger partial charge in [-0.3, -0.25) is 0 Å². The topological polar surface area (TPSA) is 50.4 Å². The van der Waals surface area contributed by atoms with Crippen molar-refractivity contribution >= 4 is 6.09 Å². The van der Waals surface area contributed by atoms with E-state index in [1.807, 2.05) is 13.8 Å². The Kier molecular flexibility index (Phi) is 3.34. The van der Waals surface area contributed by atoms with Gasteiger partial charge in [0.05, 0.1) is 0 Å².